The molecule has 0 bridgehead atoms. The number of carbonyl (C=O) groups is 1. The average Bonchev–Trinajstić information content (AvgIpc) is 3.44. The monoisotopic (exact) mass is 548 g/mol. The predicted octanol–water partition coefficient (Wildman–Crippen LogP) is 3.74. The number of piperidine rings is 1. The van der Waals surface area contributed by atoms with E-state index in [4.69, 9.17) is 0 Å². The van der Waals surface area contributed by atoms with Crippen LogP contribution in [0.15, 0.2) is 52.3 Å². The highest BCUT2D eigenvalue weighted by atomic mass is 32.2. The molecule has 0 unspecified atom stereocenters. The number of nitrogens with one attached hydrogen (secondary N) is 1. The van der Waals surface area contributed by atoms with Crippen molar-refractivity contribution in [3.05, 3.63) is 48.0 Å². The van der Waals surface area contributed by atoms with Crippen LogP contribution in [0.1, 0.15) is 56.3 Å². The van der Waals surface area contributed by atoms with Gasteiger partial charge in [-0.25, -0.2) is 16.8 Å². The molecule has 2 aromatic carbocycles. The molecule has 0 atom stereocenters. The number of nitrogens with zero attached hydrogens (tertiary/aromatic N) is 3. The molecule has 0 aliphatic carbocycles. The number of hydrogen-bond donors (Lipinski definition) is 1. The Morgan fingerprint density at radius 3 is 1.97 bits per heavy atom. The topological polar surface area (TPSA) is 107 Å². The summed E-state index contributed by atoms with van der Waals surface area (Å²) in [5.41, 5.74) is 1.49. The Labute approximate surface area is 220 Å². The first-order valence-corrected chi connectivity index (χ1v) is 15.9. The molecule has 0 saturated carbocycles. The van der Waals surface area contributed by atoms with Crippen LogP contribution in [-0.2, 0) is 20.0 Å². The molecule has 2 fully saturated rings. The Bertz CT molecular complexity index is 1310. The van der Waals surface area contributed by atoms with Gasteiger partial charge in [0.2, 0.25) is 20.0 Å². The molecule has 2 saturated heterocycles. The zero-order chi connectivity index (χ0) is 26.6. The second kappa shape index (κ2) is 11.5. The largest absolute Gasteiger partial charge is 0.370 e. The van der Waals surface area contributed by atoms with Crippen molar-refractivity contribution in [1.29, 1.82) is 0 Å². The molecule has 1 amide bonds. The summed E-state index contributed by atoms with van der Waals surface area (Å²) in [6.07, 6.45) is 4.78. The molecule has 37 heavy (non-hydrogen) atoms. The number of hydrogen-bond acceptors (Lipinski definition) is 6. The van der Waals surface area contributed by atoms with E-state index in [0.717, 1.165) is 50.9 Å². The lowest BCUT2D eigenvalue weighted by Gasteiger charge is -2.26. The third-order valence-electron chi connectivity index (χ3n) is 7.08. The first-order chi connectivity index (χ1) is 17.7. The maximum atomic E-state index is 13.2. The van der Waals surface area contributed by atoms with E-state index in [1.165, 1.54) is 38.9 Å². The molecule has 0 aromatic heterocycles. The summed E-state index contributed by atoms with van der Waals surface area (Å²) >= 11 is 0. The highest BCUT2D eigenvalue weighted by Crippen LogP contribution is 2.33. The maximum Gasteiger partial charge on any atom is 0.255 e. The molecular weight excluding hydrogens is 512 g/mol. The van der Waals surface area contributed by atoms with Gasteiger partial charge < -0.3 is 10.2 Å². The normalized spacial score (nSPS) is 17.3. The lowest BCUT2D eigenvalue weighted by molar-refractivity contribution is 0.102. The Hall–Kier alpha value is -2.47. The Balaban J connectivity index is 1.61. The minimum Gasteiger partial charge on any atom is -0.370 e. The third kappa shape index (κ3) is 5.84. The molecule has 0 spiro atoms. The number of carbonyl (C=O) groups excluding carboxylic acids is 1. The number of rotatable bonds is 9. The van der Waals surface area contributed by atoms with Crippen molar-refractivity contribution in [2.24, 2.45) is 0 Å². The number of anilines is 2. The summed E-state index contributed by atoms with van der Waals surface area (Å²) in [6, 6.07) is 10.8. The summed E-state index contributed by atoms with van der Waals surface area (Å²) in [5, 5.41) is 2.89. The number of amides is 1. The lowest BCUT2D eigenvalue weighted by atomic mass is 10.2. The van der Waals surface area contributed by atoms with E-state index >= 15 is 0 Å². The van der Waals surface area contributed by atoms with Crippen molar-refractivity contribution < 1.29 is 21.6 Å². The SMILES string of the molecule is CCN(CC)S(=O)(=O)c1ccc(N2CCCC2)c(NC(=O)c2ccc(S(=O)(=O)N3CCCCC3)cc2)c1. The first kappa shape index (κ1) is 27.6. The van der Waals surface area contributed by atoms with Gasteiger partial charge in [0, 0.05) is 44.8 Å². The van der Waals surface area contributed by atoms with Crippen LogP contribution in [0.5, 0.6) is 0 Å². The Morgan fingerprint density at radius 1 is 0.811 bits per heavy atom. The van der Waals surface area contributed by atoms with Crippen molar-refractivity contribution in [2.75, 3.05) is 49.5 Å². The second-order valence-electron chi connectivity index (χ2n) is 9.41. The van der Waals surface area contributed by atoms with E-state index < -0.39 is 26.0 Å². The van der Waals surface area contributed by atoms with E-state index in [0.29, 0.717) is 37.4 Å². The van der Waals surface area contributed by atoms with Gasteiger partial charge >= 0.3 is 0 Å². The summed E-state index contributed by atoms with van der Waals surface area (Å²) < 4.78 is 55.0. The Kier molecular flexibility index (Phi) is 8.57. The third-order valence-corrected chi connectivity index (χ3v) is 11.0. The summed E-state index contributed by atoms with van der Waals surface area (Å²) in [7, 11) is -7.30. The van der Waals surface area contributed by atoms with Gasteiger partial charge in [0.05, 0.1) is 21.2 Å². The molecule has 202 valence electrons. The van der Waals surface area contributed by atoms with Gasteiger partial charge in [0.25, 0.3) is 5.91 Å². The smallest absolute Gasteiger partial charge is 0.255 e. The zero-order valence-electron chi connectivity index (χ0n) is 21.5. The molecule has 0 radical (unpaired) electrons. The molecule has 2 aliphatic rings. The Morgan fingerprint density at radius 2 is 1.38 bits per heavy atom. The molecular formula is C26H36N4O5S2. The van der Waals surface area contributed by atoms with Crippen LogP contribution in [0, 0.1) is 0 Å². The number of sulfonamides is 2. The maximum absolute atomic E-state index is 13.2. The van der Waals surface area contributed by atoms with Crippen LogP contribution in [0.4, 0.5) is 11.4 Å². The van der Waals surface area contributed by atoms with Gasteiger partial charge in [-0.2, -0.15) is 8.61 Å². The van der Waals surface area contributed by atoms with Gasteiger partial charge in [0.15, 0.2) is 0 Å². The molecule has 4 rings (SSSR count). The highest BCUT2D eigenvalue weighted by molar-refractivity contribution is 7.89. The fourth-order valence-electron chi connectivity index (χ4n) is 4.95. The van der Waals surface area contributed by atoms with Gasteiger partial charge in [-0.05, 0) is 68.1 Å². The van der Waals surface area contributed by atoms with E-state index in [2.05, 4.69) is 10.2 Å². The average molecular weight is 549 g/mol. The second-order valence-corrected chi connectivity index (χ2v) is 13.3. The molecule has 2 aromatic rings. The standard InChI is InChI=1S/C26H36N4O5S2/c1-3-29(4-2)37(34,35)23-14-15-25(28-16-8-9-17-28)24(20-23)27-26(31)21-10-12-22(13-11-21)36(32,33)30-18-6-5-7-19-30/h10-15,20H,3-9,16-19H2,1-2H3,(H,27,31). The van der Waals surface area contributed by atoms with Gasteiger partial charge in [-0.1, -0.05) is 20.3 Å². The van der Waals surface area contributed by atoms with Crippen LogP contribution in [0.25, 0.3) is 0 Å². The minimum atomic E-state index is -3.71. The zero-order valence-corrected chi connectivity index (χ0v) is 23.2. The molecule has 2 heterocycles. The van der Waals surface area contributed by atoms with Crippen molar-refractivity contribution in [3.8, 4) is 0 Å². The van der Waals surface area contributed by atoms with E-state index in [1.807, 2.05) is 0 Å². The molecule has 2 aliphatic heterocycles. The van der Waals surface area contributed by atoms with Crippen LogP contribution in [0.2, 0.25) is 0 Å². The van der Waals surface area contributed by atoms with Crippen LogP contribution in [-0.4, -0.2) is 70.6 Å². The van der Waals surface area contributed by atoms with Crippen molar-refractivity contribution in [2.45, 2.75) is 55.7 Å². The van der Waals surface area contributed by atoms with Crippen LogP contribution in [0.3, 0.4) is 0 Å². The predicted molar refractivity (Wildman–Crippen MR) is 145 cm³/mol. The number of benzene rings is 2. The fraction of sp³-hybridized carbons (Fsp3) is 0.500. The molecule has 9 nitrogen and oxygen atoms in total. The van der Waals surface area contributed by atoms with Crippen LogP contribution < -0.4 is 10.2 Å². The highest BCUT2D eigenvalue weighted by Gasteiger charge is 2.27. The van der Waals surface area contributed by atoms with Gasteiger partial charge in [-0.3, -0.25) is 4.79 Å². The van der Waals surface area contributed by atoms with E-state index in [-0.39, 0.29) is 9.79 Å². The van der Waals surface area contributed by atoms with Crippen molar-refractivity contribution in [3.63, 3.8) is 0 Å². The quantitative estimate of drug-likeness (QED) is 0.512. The summed E-state index contributed by atoms with van der Waals surface area (Å²) in [5.74, 6) is -0.431. The minimum absolute atomic E-state index is 0.123. The van der Waals surface area contributed by atoms with E-state index in [1.54, 1.807) is 26.0 Å². The lowest BCUT2D eigenvalue weighted by Crippen LogP contribution is -2.35. The summed E-state index contributed by atoms with van der Waals surface area (Å²) in [6.45, 7) is 6.95. The molecule has 11 heteroatoms. The van der Waals surface area contributed by atoms with Crippen molar-refractivity contribution in [1.82, 2.24) is 8.61 Å². The van der Waals surface area contributed by atoms with Crippen molar-refractivity contribution >= 4 is 37.3 Å². The van der Waals surface area contributed by atoms with Gasteiger partial charge in [0.1, 0.15) is 0 Å². The first-order valence-electron chi connectivity index (χ1n) is 13.0. The molecule has 1 N–H and O–H groups in total. The van der Waals surface area contributed by atoms with Gasteiger partial charge in [-0.15, -0.1) is 0 Å². The fourth-order valence-corrected chi connectivity index (χ4v) is 7.95. The van der Waals surface area contributed by atoms with E-state index in [9.17, 15) is 21.6 Å². The van der Waals surface area contributed by atoms with Crippen LogP contribution >= 0.6 is 0 Å². The summed E-state index contributed by atoms with van der Waals surface area (Å²) in [4.78, 5) is 15.6.